The minimum atomic E-state index is 0.707. The zero-order chi connectivity index (χ0) is 13.7. The van der Waals surface area contributed by atoms with Crippen molar-refractivity contribution in [2.24, 2.45) is 5.92 Å². The number of nitrogens with one attached hydrogen (secondary N) is 1. The molecule has 0 bridgehead atoms. The predicted molar refractivity (Wildman–Crippen MR) is 83.7 cm³/mol. The predicted octanol–water partition coefficient (Wildman–Crippen LogP) is 3.77. The van der Waals surface area contributed by atoms with Gasteiger partial charge in [0.1, 0.15) is 0 Å². The number of rotatable bonds is 6. The van der Waals surface area contributed by atoms with Gasteiger partial charge < -0.3 is 5.32 Å². The summed E-state index contributed by atoms with van der Waals surface area (Å²) >= 11 is 1.75. The van der Waals surface area contributed by atoms with E-state index in [4.69, 9.17) is 0 Å². The Morgan fingerprint density at radius 1 is 1.21 bits per heavy atom. The number of hydrogen-bond acceptors (Lipinski definition) is 3. The highest BCUT2D eigenvalue weighted by Crippen LogP contribution is 2.23. The molecule has 0 radical (unpaired) electrons. The molecule has 1 aromatic heterocycles. The van der Waals surface area contributed by atoms with Crippen LogP contribution in [0.5, 0.6) is 0 Å². The summed E-state index contributed by atoms with van der Waals surface area (Å²) in [4.78, 5) is 4.69. The second-order valence-corrected chi connectivity index (χ2v) is 6.22. The maximum Gasteiger partial charge on any atom is 0.0945 e. The molecule has 102 valence electrons. The van der Waals surface area contributed by atoms with E-state index >= 15 is 0 Å². The average Bonchev–Trinajstić information content (AvgIpc) is 2.85. The summed E-state index contributed by atoms with van der Waals surface area (Å²) in [5.41, 5.74) is 3.73. The minimum absolute atomic E-state index is 0.707. The number of aromatic nitrogens is 1. The van der Waals surface area contributed by atoms with E-state index in [0.29, 0.717) is 5.92 Å². The third-order valence-corrected chi connectivity index (χ3v) is 3.94. The summed E-state index contributed by atoms with van der Waals surface area (Å²) in [6.45, 7) is 5.49. The second kappa shape index (κ2) is 6.83. The molecule has 0 aliphatic rings. The van der Waals surface area contributed by atoms with Gasteiger partial charge in [0.05, 0.1) is 10.7 Å². The van der Waals surface area contributed by atoms with Crippen molar-refractivity contribution in [2.45, 2.75) is 26.7 Å². The number of likely N-dealkylation sites (N-methyl/N-ethyl adjacent to an activating group) is 1. The van der Waals surface area contributed by atoms with Crippen LogP contribution in [0.15, 0.2) is 29.6 Å². The van der Waals surface area contributed by atoms with Crippen molar-refractivity contribution < 1.29 is 0 Å². The van der Waals surface area contributed by atoms with Crippen molar-refractivity contribution in [3.63, 3.8) is 0 Å². The van der Waals surface area contributed by atoms with Gasteiger partial charge in [0.15, 0.2) is 0 Å². The Balaban J connectivity index is 2.07. The molecule has 2 rings (SSSR count). The van der Waals surface area contributed by atoms with Gasteiger partial charge in [-0.1, -0.05) is 38.1 Å². The first-order valence-corrected chi connectivity index (χ1v) is 7.75. The van der Waals surface area contributed by atoms with E-state index in [2.05, 4.69) is 53.8 Å². The van der Waals surface area contributed by atoms with E-state index in [1.165, 1.54) is 16.1 Å². The fourth-order valence-electron chi connectivity index (χ4n) is 2.07. The summed E-state index contributed by atoms with van der Waals surface area (Å²) in [5, 5.41) is 6.52. The molecule has 0 unspecified atom stereocenters. The van der Waals surface area contributed by atoms with Crippen LogP contribution in [0.25, 0.3) is 11.3 Å². The van der Waals surface area contributed by atoms with Crippen molar-refractivity contribution >= 4 is 11.3 Å². The summed E-state index contributed by atoms with van der Waals surface area (Å²) in [5.74, 6) is 0.707. The van der Waals surface area contributed by atoms with Crippen molar-refractivity contribution in [2.75, 3.05) is 13.6 Å². The van der Waals surface area contributed by atoms with Gasteiger partial charge in [0.25, 0.3) is 0 Å². The van der Waals surface area contributed by atoms with Crippen molar-refractivity contribution in [1.82, 2.24) is 10.3 Å². The van der Waals surface area contributed by atoms with Crippen LogP contribution in [-0.4, -0.2) is 18.6 Å². The van der Waals surface area contributed by atoms with Crippen LogP contribution >= 0.6 is 11.3 Å². The lowest BCUT2D eigenvalue weighted by molar-refractivity contribution is 0.647. The summed E-state index contributed by atoms with van der Waals surface area (Å²) in [6, 6.07) is 8.83. The van der Waals surface area contributed by atoms with Crippen LogP contribution in [0.3, 0.4) is 0 Å². The van der Waals surface area contributed by atoms with Gasteiger partial charge in [-0.25, -0.2) is 4.98 Å². The Bertz CT molecular complexity index is 500. The van der Waals surface area contributed by atoms with E-state index in [0.717, 1.165) is 25.1 Å². The molecule has 2 aromatic rings. The van der Waals surface area contributed by atoms with Crippen molar-refractivity contribution in [1.29, 1.82) is 0 Å². The maximum atomic E-state index is 4.69. The number of hydrogen-bond donors (Lipinski definition) is 1. The zero-order valence-electron chi connectivity index (χ0n) is 11.9. The third kappa shape index (κ3) is 4.15. The van der Waals surface area contributed by atoms with Crippen molar-refractivity contribution in [3.05, 3.63) is 40.2 Å². The first-order chi connectivity index (χ1) is 9.19. The molecule has 0 amide bonds. The Morgan fingerprint density at radius 2 is 1.95 bits per heavy atom. The first kappa shape index (κ1) is 14.2. The van der Waals surface area contributed by atoms with E-state index in [9.17, 15) is 0 Å². The van der Waals surface area contributed by atoms with E-state index in [1.54, 1.807) is 11.3 Å². The van der Waals surface area contributed by atoms with Gasteiger partial charge in [-0.3, -0.25) is 0 Å². The second-order valence-electron chi connectivity index (χ2n) is 5.27. The molecule has 0 atom stereocenters. The molecule has 0 fully saturated rings. The monoisotopic (exact) mass is 274 g/mol. The van der Waals surface area contributed by atoms with Crippen LogP contribution in [0, 0.1) is 5.92 Å². The molecule has 3 heteroatoms. The van der Waals surface area contributed by atoms with Gasteiger partial charge in [-0.2, -0.15) is 0 Å². The Kier molecular flexibility index (Phi) is 5.11. The number of thiazole rings is 1. The molecule has 0 saturated carbocycles. The molecule has 1 heterocycles. The first-order valence-electron chi connectivity index (χ1n) is 6.87. The molecule has 0 saturated heterocycles. The molecule has 0 spiro atoms. The third-order valence-electron chi connectivity index (χ3n) is 3.03. The van der Waals surface area contributed by atoms with Gasteiger partial charge in [-0.15, -0.1) is 11.3 Å². The largest absolute Gasteiger partial charge is 0.319 e. The summed E-state index contributed by atoms with van der Waals surface area (Å²) in [7, 11) is 1.97. The summed E-state index contributed by atoms with van der Waals surface area (Å²) in [6.07, 6.45) is 2.15. The van der Waals surface area contributed by atoms with Crippen LogP contribution in [0.2, 0.25) is 0 Å². The smallest absolute Gasteiger partial charge is 0.0945 e. The van der Waals surface area contributed by atoms with Crippen LogP contribution in [0.4, 0.5) is 0 Å². The standard InChI is InChI=1S/C16H22N2S/c1-12(2)10-13-4-6-14(7-5-13)15-11-19-16(18-15)8-9-17-3/h4-7,11-12,17H,8-10H2,1-3H3. The van der Waals surface area contributed by atoms with Gasteiger partial charge >= 0.3 is 0 Å². The summed E-state index contributed by atoms with van der Waals surface area (Å²) < 4.78 is 0. The SMILES string of the molecule is CNCCc1nc(-c2ccc(CC(C)C)cc2)cs1. The Labute approximate surface area is 119 Å². The lowest BCUT2D eigenvalue weighted by Crippen LogP contribution is -2.09. The zero-order valence-corrected chi connectivity index (χ0v) is 12.8. The molecule has 1 N–H and O–H groups in total. The molecule has 19 heavy (non-hydrogen) atoms. The van der Waals surface area contributed by atoms with Crippen LogP contribution in [-0.2, 0) is 12.8 Å². The minimum Gasteiger partial charge on any atom is -0.319 e. The molecule has 0 aliphatic heterocycles. The quantitative estimate of drug-likeness (QED) is 0.867. The molecule has 2 nitrogen and oxygen atoms in total. The average molecular weight is 274 g/mol. The lowest BCUT2D eigenvalue weighted by atomic mass is 10.0. The van der Waals surface area contributed by atoms with E-state index in [1.807, 2.05) is 7.05 Å². The van der Waals surface area contributed by atoms with E-state index in [-0.39, 0.29) is 0 Å². The van der Waals surface area contributed by atoms with Gasteiger partial charge in [0, 0.05) is 23.9 Å². The highest BCUT2D eigenvalue weighted by atomic mass is 32.1. The molecular weight excluding hydrogens is 252 g/mol. The Hall–Kier alpha value is -1.19. The molecule has 1 aromatic carbocycles. The lowest BCUT2D eigenvalue weighted by Gasteiger charge is -2.05. The fourth-order valence-corrected chi connectivity index (χ4v) is 2.88. The topological polar surface area (TPSA) is 24.9 Å². The highest BCUT2D eigenvalue weighted by Gasteiger charge is 2.05. The van der Waals surface area contributed by atoms with Crippen LogP contribution in [0.1, 0.15) is 24.4 Å². The highest BCUT2D eigenvalue weighted by molar-refractivity contribution is 7.09. The van der Waals surface area contributed by atoms with Gasteiger partial charge in [0.2, 0.25) is 0 Å². The van der Waals surface area contributed by atoms with Crippen molar-refractivity contribution in [3.8, 4) is 11.3 Å². The maximum absolute atomic E-state index is 4.69. The molecular formula is C16H22N2S. The van der Waals surface area contributed by atoms with E-state index < -0.39 is 0 Å². The number of nitrogens with zero attached hydrogens (tertiary/aromatic N) is 1. The van der Waals surface area contributed by atoms with Gasteiger partial charge in [-0.05, 0) is 24.9 Å². The molecule has 0 aliphatic carbocycles. The Morgan fingerprint density at radius 3 is 2.58 bits per heavy atom. The number of benzene rings is 1. The fraction of sp³-hybridized carbons (Fsp3) is 0.438. The van der Waals surface area contributed by atoms with Crippen LogP contribution < -0.4 is 5.32 Å². The normalized spacial score (nSPS) is 11.2.